The molecule has 168 valence electrons. The van der Waals surface area contributed by atoms with Crippen molar-refractivity contribution in [2.24, 2.45) is 0 Å². The van der Waals surface area contributed by atoms with Gasteiger partial charge < -0.3 is 0 Å². The zero-order valence-electron chi connectivity index (χ0n) is 17.2. The Bertz CT molecular complexity index is 1390. The van der Waals surface area contributed by atoms with Crippen molar-refractivity contribution in [3.05, 3.63) is 115 Å². The van der Waals surface area contributed by atoms with Crippen LogP contribution in [0.4, 0.5) is 16.5 Å². The molecule has 1 amide bonds. The molecule has 0 radical (unpaired) electrons. The molecular formula is C23H14N4O6S. The van der Waals surface area contributed by atoms with E-state index in [1.807, 2.05) is 6.07 Å². The van der Waals surface area contributed by atoms with E-state index >= 15 is 0 Å². The maximum atomic E-state index is 13.2. The van der Waals surface area contributed by atoms with Gasteiger partial charge in [-0.15, -0.1) is 0 Å². The van der Waals surface area contributed by atoms with Gasteiger partial charge >= 0.3 is 0 Å². The van der Waals surface area contributed by atoms with Crippen LogP contribution in [-0.4, -0.2) is 26.5 Å². The highest BCUT2D eigenvalue weighted by molar-refractivity contribution is 7.18. The molecule has 4 aromatic rings. The fraction of sp³-hybridized carbons (Fsp3) is 0. The van der Waals surface area contributed by atoms with Gasteiger partial charge in [-0.05, 0) is 0 Å². The van der Waals surface area contributed by atoms with E-state index in [-0.39, 0.29) is 21.4 Å². The molecule has 3 aromatic carbocycles. The summed E-state index contributed by atoms with van der Waals surface area (Å²) in [5.41, 5.74) is -0.0140. The number of nitro benzene ring substituents is 2. The Labute approximate surface area is 195 Å². The number of nitro groups is 2. The van der Waals surface area contributed by atoms with Gasteiger partial charge in [0.2, 0.25) is 5.78 Å². The van der Waals surface area contributed by atoms with E-state index in [9.17, 15) is 29.8 Å². The first-order valence-corrected chi connectivity index (χ1v) is 10.6. The first kappa shape index (κ1) is 22.4. The van der Waals surface area contributed by atoms with Gasteiger partial charge in [-0.25, -0.2) is 4.98 Å². The second-order valence-corrected chi connectivity index (χ2v) is 7.96. The second-order valence-electron chi connectivity index (χ2n) is 6.96. The highest BCUT2D eigenvalue weighted by Gasteiger charge is 2.24. The van der Waals surface area contributed by atoms with Crippen LogP contribution in [0.15, 0.2) is 78.9 Å². The van der Waals surface area contributed by atoms with Crippen molar-refractivity contribution < 1.29 is 19.4 Å². The Morgan fingerprint density at radius 2 is 1.35 bits per heavy atom. The molecule has 0 atom stereocenters. The molecule has 0 spiro atoms. The fourth-order valence-electron chi connectivity index (χ4n) is 3.15. The molecule has 0 saturated carbocycles. The number of amides is 1. The highest BCUT2D eigenvalue weighted by atomic mass is 32.1. The van der Waals surface area contributed by atoms with E-state index < -0.39 is 27.1 Å². The van der Waals surface area contributed by atoms with Crippen LogP contribution in [0.25, 0.3) is 11.3 Å². The summed E-state index contributed by atoms with van der Waals surface area (Å²) >= 11 is 0.941. The van der Waals surface area contributed by atoms with Crippen molar-refractivity contribution in [1.29, 1.82) is 0 Å². The summed E-state index contributed by atoms with van der Waals surface area (Å²) in [6, 6.07) is 20.1. The third-order valence-electron chi connectivity index (χ3n) is 4.72. The molecule has 0 unspecified atom stereocenters. The maximum Gasteiger partial charge on any atom is 0.277 e. The lowest BCUT2D eigenvalue weighted by Gasteiger charge is -2.02. The third kappa shape index (κ3) is 4.69. The Morgan fingerprint density at radius 3 is 1.91 bits per heavy atom. The molecule has 0 aliphatic carbocycles. The summed E-state index contributed by atoms with van der Waals surface area (Å²) < 4.78 is 0. The molecule has 1 heterocycles. The summed E-state index contributed by atoms with van der Waals surface area (Å²) in [4.78, 5) is 51.2. The number of hydrogen-bond acceptors (Lipinski definition) is 8. The summed E-state index contributed by atoms with van der Waals surface area (Å²) in [6.07, 6.45) is 0. The molecule has 4 rings (SSSR count). The van der Waals surface area contributed by atoms with Crippen LogP contribution in [0.3, 0.4) is 0 Å². The zero-order valence-corrected chi connectivity index (χ0v) is 18.0. The van der Waals surface area contributed by atoms with Crippen molar-refractivity contribution in [2.45, 2.75) is 0 Å². The quantitative estimate of drug-likeness (QED) is 0.222. The molecule has 11 heteroatoms. The zero-order chi connectivity index (χ0) is 24.2. The van der Waals surface area contributed by atoms with Crippen LogP contribution in [0.1, 0.15) is 25.6 Å². The molecule has 0 aliphatic rings. The van der Waals surface area contributed by atoms with E-state index in [1.54, 1.807) is 54.6 Å². The first-order valence-electron chi connectivity index (χ1n) is 9.74. The van der Waals surface area contributed by atoms with E-state index in [0.29, 0.717) is 16.8 Å². The van der Waals surface area contributed by atoms with Crippen molar-refractivity contribution in [3.8, 4) is 11.3 Å². The molecular weight excluding hydrogens is 460 g/mol. The van der Waals surface area contributed by atoms with E-state index in [0.717, 1.165) is 29.5 Å². The van der Waals surface area contributed by atoms with Crippen LogP contribution in [0.2, 0.25) is 0 Å². The highest BCUT2D eigenvalue weighted by Crippen LogP contribution is 2.33. The molecule has 0 saturated heterocycles. The topological polar surface area (TPSA) is 145 Å². The SMILES string of the molecule is O=C(Nc1nc(-c2ccccc2)c(C(=O)c2ccccc2)s1)c1cc([N+](=O)[O-])cc([N+](=O)[O-])c1. The lowest BCUT2D eigenvalue weighted by atomic mass is 10.1. The van der Waals surface area contributed by atoms with Crippen LogP contribution in [0.5, 0.6) is 0 Å². The number of hydrogen-bond donors (Lipinski definition) is 1. The molecule has 10 nitrogen and oxygen atoms in total. The lowest BCUT2D eigenvalue weighted by Crippen LogP contribution is -2.12. The van der Waals surface area contributed by atoms with Crippen LogP contribution < -0.4 is 5.32 Å². The average Bonchev–Trinajstić information content (AvgIpc) is 3.28. The number of aromatic nitrogens is 1. The number of non-ortho nitro benzene ring substituents is 2. The fourth-order valence-corrected chi connectivity index (χ4v) is 4.09. The smallest absolute Gasteiger partial charge is 0.277 e. The molecule has 0 bridgehead atoms. The minimum atomic E-state index is -0.834. The number of rotatable bonds is 7. The number of carbonyl (C=O) groups excluding carboxylic acids is 2. The second kappa shape index (κ2) is 9.38. The number of ketones is 1. The lowest BCUT2D eigenvalue weighted by molar-refractivity contribution is -0.394. The van der Waals surface area contributed by atoms with E-state index in [1.165, 1.54) is 0 Å². The van der Waals surface area contributed by atoms with Gasteiger partial charge in [-0.1, -0.05) is 72.0 Å². The van der Waals surface area contributed by atoms with Gasteiger partial charge in [0, 0.05) is 23.3 Å². The van der Waals surface area contributed by atoms with Gasteiger partial charge in [-0.2, -0.15) is 0 Å². The first-order chi connectivity index (χ1) is 16.3. The number of benzene rings is 3. The third-order valence-corrected chi connectivity index (χ3v) is 5.69. The monoisotopic (exact) mass is 474 g/mol. The maximum absolute atomic E-state index is 13.2. The summed E-state index contributed by atoms with van der Waals surface area (Å²) in [7, 11) is 0. The largest absolute Gasteiger partial charge is 0.298 e. The summed E-state index contributed by atoms with van der Waals surface area (Å²) in [5, 5.41) is 24.8. The van der Waals surface area contributed by atoms with Gasteiger partial charge in [0.15, 0.2) is 5.13 Å². The van der Waals surface area contributed by atoms with Crippen molar-refractivity contribution >= 4 is 39.5 Å². The van der Waals surface area contributed by atoms with Crippen LogP contribution in [-0.2, 0) is 0 Å². The molecule has 34 heavy (non-hydrogen) atoms. The van der Waals surface area contributed by atoms with Gasteiger partial charge in [0.1, 0.15) is 4.88 Å². The van der Waals surface area contributed by atoms with Crippen molar-refractivity contribution in [2.75, 3.05) is 5.32 Å². The number of nitrogens with one attached hydrogen (secondary N) is 1. The van der Waals surface area contributed by atoms with Gasteiger partial charge in [0.05, 0.1) is 27.2 Å². The van der Waals surface area contributed by atoms with Crippen molar-refractivity contribution in [3.63, 3.8) is 0 Å². The average molecular weight is 474 g/mol. The Morgan fingerprint density at radius 1 is 0.794 bits per heavy atom. The Hall–Kier alpha value is -4.77. The van der Waals surface area contributed by atoms with Crippen LogP contribution in [0, 0.1) is 20.2 Å². The van der Waals surface area contributed by atoms with Gasteiger partial charge in [-0.3, -0.25) is 35.1 Å². The van der Waals surface area contributed by atoms with E-state index in [4.69, 9.17) is 0 Å². The number of thiazole rings is 1. The number of nitrogens with zero attached hydrogens (tertiary/aromatic N) is 3. The predicted molar refractivity (Wildman–Crippen MR) is 125 cm³/mol. The van der Waals surface area contributed by atoms with Crippen LogP contribution >= 0.6 is 11.3 Å². The normalized spacial score (nSPS) is 10.5. The number of anilines is 1. The number of carbonyl (C=O) groups is 2. The van der Waals surface area contributed by atoms with E-state index in [2.05, 4.69) is 10.3 Å². The van der Waals surface area contributed by atoms with Crippen molar-refractivity contribution in [1.82, 2.24) is 4.98 Å². The Kier molecular flexibility index (Phi) is 6.19. The summed E-state index contributed by atoms with van der Waals surface area (Å²) in [6.45, 7) is 0. The Balaban J connectivity index is 1.73. The molecule has 0 fully saturated rings. The summed E-state index contributed by atoms with van der Waals surface area (Å²) in [5.74, 6) is -1.12. The molecule has 0 aliphatic heterocycles. The van der Waals surface area contributed by atoms with Gasteiger partial charge in [0.25, 0.3) is 17.3 Å². The standard InChI is InChI=1S/C23H14N4O6S/c28-20(15-9-5-2-6-10-15)21-19(14-7-3-1-4-8-14)24-23(34-21)25-22(29)16-11-17(26(30)31)13-18(12-16)27(32)33/h1-13H,(H,24,25,29). The molecule has 1 aromatic heterocycles. The molecule has 1 N–H and O–H groups in total. The predicted octanol–water partition coefficient (Wildman–Crippen LogP) is 5.11. The minimum absolute atomic E-state index is 0.0669. The minimum Gasteiger partial charge on any atom is -0.298 e.